The molecule has 0 aliphatic carbocycles. The van der Waals surface area contributed by atoms with Crippen LogP contribution >= 0.6 is 0 Å². The Morgan fingerprint density at radius 3 is 2.33 bits per heavy atom. The molecule has 2 fully saturated rings. The minimum absolute atomic E-state index is 0.0239. The molecule has 2 aromatic carbocycles. The van der Waals surface area contributed by atoms with Crippen LogP contribution in [0.15, 0.2) is 54.6 Å². The lowest BCUT2D eigenvalue weighted by Crippen LogP contribution is -2.47. The first-order valence-electron chi connectivity index (χ1n) is 10.9. The van der Waals surface area contributed by atoms with Gasteiger partial charge in [-0.2, -0.15) is 0 Å². The van der Waals surface area contributed by atoms with E-state index in [0.717, 1.165) is 16.0 Å². The molecule has 2 aliphatic rings. The van der Waals surface area contributed by atoms with Gasteiger partial charge in [-0.25, -0.2) is 13.2 Å². The lowest BCUT2D eigenvalue weighted by molar-refractivity contribution is -0.139. The van der Waals surface area contributed by atoms with Gasteiger partial charge in [0.15, 0.2) is 9.84 Å². The van der Waals surface area contributed by atoms with Gasteiger partial charge in [0.2, 0.25) is 5.91 Å². The number of amides is 4. The van der Waals surface area contributed by atoms with Crippen LogP contribution in [-0.2, 0) is 26.0 Å². The predicted octanol–water partition coefficient (Wildman–Crippen LogP) is 2.37. The van der Waals surface area contributed by atoms with Crippen molar-refractivity contribution in [1.29, 1.82) is 0 Å². The van der Waals surface area contributed by atoms with E-state index in [0.29, 0.717) is 12.1 Å². The van der Waals surface area contributed by atoms with Crippen LogP contribution in [0.4, 0.5) is 10.5 Å². The SMILES string of the molecule is Cc1ccc(N2C(=O)N(CC(=O)N(Cc3ccccc3)[C@@H]3CCS(=O)(=O)C3)C(=O)[C@H]2C)cc1. The summed E-state index contributed by atoms with van der Waals surface area (Å²) < 4.78 is 24.1. The van der Waals surface area contributed by atoms with E-state index in [9.17, 15) is 22.8 Å². The third kappa shape index (κ3) is 4.78. The Morgan fingerprint density at radius 1 is 1.06 bits per heavy atom. The third-order valence-corrected chi connectivity index (χ3v) is 7.97. The average molecular weight is 470 g/mol. The molecule has 33 heavy (non-hydrogen) atoms. The van der Waals surface area contributed by atoms with E-state index in [2.05, 4.69) is 0 Å². The molecule has 0 N–H and O–H groups in total. The van der Waals surface area contributed by atoms with Crippen molar-refractivity contribution in [1.82, 2.24) is 9.80 Å². The predicted molar refractivity (Wildman–Crippen MR) is 124 cm³/mol. The van der Waals surface area contributed by atoms with E-state index in [1.165, 1.54) is 9.80 Å². The summed E-state index contributed by atoms with van der Waals surface area (Å²) >= 11 is 0. The molecule has 2 aliphatic heterocycles. The molecule has 0 aromatic heterocycles. The molecular weight excluding hydrogens is 442 g/mol. The highest BCUT2D eigenvalue weighted by Gasteiger charge is 2.45. The van der Waals surface area contributed by atoms with Crippen molar-refractivity contribution in [2.75, 3.05) is 23.0 Å². The number of carbonyl (C=O) groups excluding carboxylic acids is 3. The lowest BCUT2D eigenvalue weighted by Gasteiger charge is -2.30. The fraction of sp³-hybridized carbons (Fsp3) is 0.375. The number of hydrogen-bond acceptors (Lipinski definition) is 5. The maximum atomic E-state index is 13.4. The summed E-state index contributed by atoms with van der Waals surface area (Å²) in [6.45, 7) is 3.36. The van der Waals surface area contributed by atoms with Crippen LogP contribution in [0.25, 0.3) is 0 Å². The highest BCUT2D eigenvalue weighted by molar-refractivity contribution is 7.91. The fourth-order valence-corrected chi connectivity index (χ4v) is 6.09. The Bertz CT molecular complexity index is 1160. The topological polar surface area (TPSA) is 95.1 Å². The quantitative estimate of drug-likeness (QED) is 0.606. The molecule has 2 heterocycles. The summed E-state index contributed by atoms with van der Waals surface area (Å²) in [6.07, 6.45) is 0.342. The standard InChI is InChI=1S/C24H27N3O5S/c1-17-8-10-20(11-9-17)27-18(2)23(29)26(24(27)30)15-22(28)25(14-19-6-4-3-5-7-19)21-12-13-33(31,32)16-21/h3-11,18,21H,12-16H2,1-2H3/t18-,21-/m1/s1. The van der Waals surface area contributed by atoms with E-state index in [4.69, 9.17) is 0 Å². The smallest absolute Gasteiger partial charge is 0.332 e. The van der Waals surface area contributed by atoms with E-state index in [1.807, 2.05) is 49.4 Å². The van der Waals surface area contributed by atoms with Crippen molar-refractivity contribution in [2.45, 2.75) is 38.9 Å². The minimum atomic E-state index is -3.22. The van der Waals surface area contributed by atoms with Gasteiger partial charge in [0.25, 0.3) is 5.91 Å². The van der Waals surface area contributed by atoms with Gasteiger partial charge in [0.05, 0.1) is 11.5 Å². The van der Waals surface area contributed by atoms with Gasteiger partial charge in [-0.1, -0.05) is 48.0 Å². The van der Waals surface area contributed by atoms with Crippen molar-refractivity contribution < 1.29 is 22.8 Å². The average Bonchev–Trinajstić information content (AvgIpc) is 3.25. The number of carbonyl (C=O) groups is 3. The Balaban J connectivity index is 1.56. The number of urea groups is 1. The Labute approximate surface area is 193 Å². The van der Waals surface area contributed by atoms with Crippen molar-refractivity contribution >= 4 is 33.4 Å². The van der Waals surface area contributed by atoms with Crippen LogP contribution in [-0.4, -0.2) is 66.2 Å². The molecular formula is C24H27N3O5S. The first-order chi connectivity index (χ1) is 15.7. The van der Waals surface area contributed by atoms with Gasteiger partial charge < -0.3 is 4.90 Å². The molecule has 8 nitrogen and oxygen atoms in total. The number of anilines is 1. The number of hydrogen-bond donors (Lipinski definition) is 0. The van der Waals surface area contributed by atoms with Gasteiger partial charge in [0, 0.05) is 18.3 Å². The van der Waals surface area contributed by atoms with Crippen LogP contribution in [0.1, 0.15) is 24.5 Å². The van der Waals surface area contributed by atoms with Crippen LogP contribution in [0.3, 0.4) is 0 Å². The molecule has 4 rings (SSSR count). The summed E-state index contributed by atoms with van der Waals surface area (Å²) in [5.41, 5.74) is 2.47. The number of benzene rings is 2. The second kappa shape index (κ2) is 8.97. The Morgan fingerprint density at radius 2 is 1.73 bits per heavy atom. The number of nitrogens with zero attached hydrogens (tertiary/aromatic N) is 3. The molecule has 0 saturated carbocycles. The normalized spacial score (nSPS) is 22.1. The number of aryl methyl sites for hydroxylation is 1. The number of rotatable bonds is 6. The molecule has 0 spiro atoms. The van der Waals surface area contributed by atoms with Gasteiger partial charge in [-0.15, -0.1) is 0 Å². The van der Waals surface area contributed by atoms with Crippen LogP contribution < -0.4 is 4.90 Å². The first-order valence-corrected chi connectivity index (χ1v) is 12.7. The van der Waals surface area contributed by atoms with Crippen molar-refractivity contribution in [3.05, 3.63) is 65.7 Å². The monoisotopic (exact) mass is 469 g/mol. The van der Waals surface area contributed by atoms with Gasteiger partial charge >= 0.3 is 6.03 Å². The summed E-state index contributed by atoms with van der Waals surface area (Å²) in [6, 6.07) is 14.8. The van der Waals surface area contributed by atoms with Crippen molar-refractivity contribution in [3.63, 3.8) is 0 Å². The highest BCUT2D eigenvalue weighted by atomic mass is 32.2. The zero-order valence-corrected chi connectivity index (χ0v) is 19.5. The Hall–Kier alpha value is -3.20. The van der Waals surface area contributed by atoms with E-state index in [-0.39, 0.29) is 18.1 Å². The summed E-state index contributed by atoms with van der Waals surface area (Å²) in [5, 5.41) is 0. The second-order valence-electron chi connectivity index (χ2n) is 8.65. The van der Waals surface area contributed by atoms with Crippen molar-refractivity contribution in [3.8, 4) is 0 Å². The van der Waals surface area contributed by atoms with Gasteiger partial charge in [-0.05, 0) is 38.0 Å². The summed E-state index contributed by atoms with van der Waals surface area (Å²) in [7, 11) is -3.22. The van der Waals surface area contributed by atoms with E-state index in [1.54, 1.807) is 19.1 Å². The molecule has 4 amide bonds. The van der Waals surface area contributed by atoms with E-state index >= 15 is 0 Å². The zero-order chi connectivity index (χ0) is 23.8. The van der Waals surface area contributed by atoms with Gasteiger partial charge in [-0.3, -0.25) is 19.4 Å². The minimum Gasteiger partial charge on any atom is -0.333 e. The molecule has 174 valence electrons. The van der Waals surface area contributed by atoms with Gasteiger partial charge in [0.1, 0.15) is 12.6 Å². The molecule has 9 heteroatoms. The molecule has 0 bridgehead atoms. The van der Waals surface area contributed by atoms with Crippen molar-refractivity contribution in [2.24, 2.45) is 0 Å². The molecule has 2 aromatic rings. The van der Waals surface area contributed by atoms with Crippen LogP contribution in [0.2, 0.25) is 0 Å². The summed E-state index contributed by atoms with van der Waals surface area (Å²) in [4.78, 5) is 43.2. The lowest BCUT2D eigenvalue weighted by atomic mass is 10.1. The largest absolute Gasteiger partial charge is 0.333 e. The zero-order valence-electron chi connectivity index (χ0n) is 18.7. The highest BCUT2D eigenvalue weighted by Crippen LogP contribution is 2.27. The molecule has 0 radical (unpaired) electrons. The Kier molecular flexibility index (Phi) is 6.25. The fourth-order valence-electron chi connectivity index (χ4n) is 4.36. The second-order valence-corrected chi connectivity index (χ2v) is 10.9. The van der Waals surface area contributed by atoms with Crippen LogP contribution in [0.5, 0.6) is 0 Å². The van der Waals surface area contributed by atoms with Crippen LogP contribution in [0, 0.1) is 6.92 Å². The molecule has 0 unspecified atom stereocenters. The third-order valence-electron chi connectivity index (χ3n) is 6.22. The molecule has 2 saturated heterocycles. The maximum absolute atomic E-state index is 13.4. The summed E-state index contributed by atoms with van der Waals surface area (Å²) in [5.74, 6) is -0.983. The number of sulfone groups is 1. The molecule has 2 atom stereocenters. The number of imide groups is 1. The maximum Gasteiger partial charge on any atom is 0.332 e. The first kappa shape index (κ1) is 23.0. The van der Waals surface area contributed by atoms with E-state index < -0.39 is 46.3 Å².